The largest absolute Gasteiger partial charge is 0.335 e. The first-order valence-electron chi connectivity index (χ1n) is 9.46. The highest BCUT2D eigenvalue weighted by Crippen LogP contribution is 2.31. The zero-order chi connectivity index (χ0) is 22.0. The number of aromatic amines is 1. The summed E-state index contributed by atoms with van der Waals surface area (Å²) in [7, 11) is -3.87. The van der Waals surface area contributed by atoms with Crippen LogP contribution < -0.4 is 10.6 Å². The third-order valence-corrected chi connectivity index (χ3v) is 7.90. The number of nitrogens with one attached hydrogen (secondary N) is 3. The number of sulfone groups is 1. The summed E-state index contributed by atoms with van der Waals surface area (Å²) in [6, 6.07) is 2.86. The molecule has 3 aromatic rings. The van der Waals surface area contributed by atoms with Crippen LogP contribution in [0.2, 0.25) is 0 Å². The van der Waals surface area contributed by atoms with Gasteiger partial charge in [-0.25, -0.2) is 27.6 Å². The molecule has 0 bridgehead atoms. The van der Waals surface area contributed by atoms with Gasteiger partial charge in [-0.05, 0) is 31.0 Å². The van der Waals surface area contributed by atoms with Crippen molar-refractivity contribution in [3.8, 4) is 0 Å². The number of imidazole rings is 1. The molecule has 1 aliphatic carbocycles. The van der Waals surface area contributed by atoms with Gasteiger partial charge >= 0.3 is 6.03 Å². The fraction of sp³-hybridized carbons (Fsp3) is 0.263. The van der Waals surface area contributed by atoms with E-state index in [0.29, 0.717) is 0 Å². The molecule has 0 saturated heterocycles. The van der Waals surface area contributed by atoms with Crippen molar-refractivity contribution in [3.63, 3.8) is 0 Å². The summed E-state index contributed by atoms with van der Waals surface area (Å²) in [5.41, 5.74) is 0.290. The Kier molecular flexibility index (Phi) is 5.83. The number of anilines is 2. The lowest BCUT2D eigenvalue weighted by atomic mass is 9.95. The molecule has 2 amide bonds. The Balaban J connectivity index is 1.49. The van der Waals surface area contributed by atoms with E-state index in [9.17, 15) is 22.4 Å². The smallest absolute Gasteiger partial charge is 0.325 e. The van der Waals surface area contributed by atoms with Gasteiger partial charge in [0.25, 0.3) is 9.84 Å². The number of thiazole rings is 1. The number of amides is 2. The summed E-state index contributed by atoms with van der Waals surface area (Å²) in [6.45, 7) is 0. The second-order valence-corrected chi connectivity index (χ2v) is 10.1. The Bertz CT molecular complexity index is 1220. The Morgan fingerprint density at radius 3 is 2.65 bits per heavy atom. The number of aromatic nitrogens is 3. The van der Waals surface area contributed by atoms with Crippen LogP contribution in [0.15, 0.2) is 46.2 Å². The van der Waals surface area contributed by atoms with Gasteiger partial charge in [0.15, 0.2) is 10.9 Å². The topological polar surface area (TPSA) is 134 Å². The number of hydrogen-bond donors (Lipinski definition) is 3. The van der Waals surface area contributed by atoms with Crippen molar-refractivity contribution in [2.24, 2.45) is 5.92 Å². The quantitative estimate of drug-likeness (QED) is 0.475. The normalized spacial score (nSPS) is 14.5. The van der Waals surface area contributed by atoms with E-state index in [1.54, 1.807) is 0 Å². The van der Waals surface area contributed by atoms with Gasteiger partial charge in [0, 0.05) is 23.9 Å². The molecule has 0 atom stereocenters. The highest BCUT2D eigenvalue weighted by atomic mass is 32.2. The van der Waals surface area contributed by atoms with Gasteiger partial charge in [0.2, 0.25) is 5.16 Å². The molecule has 2 heterocycles. The standard InChI is InChI=1S/C19H18FN5O4S2/c20-12-5-6-14(13(9-12)16(26)11-3-1-2-4-11)24-17(27)25-18-23-10-15(30-18)31(28,29)19-21-7-8-22-19/h5-11H,1-4H2,(H,21,22)(H2,23,24,25,27). The molecule has 4 rings (SSSR count). The summed E-state index contributed by atoms with van der Waals surface area (Å²) in [4.78, 5) is 35.3. The maximum absolute atomic E-state index is 13.8. The minimum absolute atomic E-state index is 0.0356. The highest BCUT2D eigenvalue weighted by molar-refractivity contribution is 7.93. The summed E-state index contributed by atoms with van der Waals surface area (Å²) in [6.07, 6.45) is 7.19. The Labute approximate surface area is 181 Å². The van der Waals surface area contributed by atoms with Gasteiger partial charge in [0.1, 0.15) is 10.0 Å². The maximum atomic E-state index is 13.8. The number of carbonyl (C=O) groups is 2. The fourth-order valence-electron chi connectivity index (χ4n) is 3.42. The first-order chi connectivity index (χ1) is 14.8. The third-order valence-electron chi connectivity index (χ3n) is 4.92. The number of halogens is 1. The van der Waals surface area contributed by atoms with Crippen LogP contribution in [0.25, 0.3) is 0 Å². The maximum Gasteiger partial charge on any atom is 0.325 e. The van der Waals surface area contributed by atoms with Gasteiger partial charge in [-0.1, -0.05) is 24.2 Å². The van der Waals surface area contributed by atoms with E-state index >= 15 is 0 Å². The van der Waals surface area contributed by atoms with Gasteiger partial charge in [-0.2, -0.15) is 0 Å². The van der Waals surface area contributed by atoms with Crippen LogP contribution >= 0.6 is 11.3 Å². The molecule has 162 valence electrons. The summed E-state index contributed by atoms with van der Waals surface area (Å²) in [5.74, 6) is -0.952. The molecule has 2 aromatic heterocycles. The van der Waals surface area contributed by atoms with Crippen molar-refractivity contribution >= 4 is 43.8 Å². The van der Waals surface area contributed by atoms with E-state index in [0.717, 1.165) is 55.3 Å². The lowest BCUT2D eigenvalue weighted by Gasteiger charge is -2.14. The number of nitrogens with zero attached hydrogens (tertiary/aromatic N) is 2. The number of carbonyl (C=O) groups excluding carboxylic acids is 2. The SMILES string of the molecule is O=C(Nc1ncc(S(=O)(=O)c2ncc[nH]2)s1)Nc1ccc(F)cc1C(=O)C1CCCC1. The van der Waals surface area contributed by atoms with Crippen molar-refractivity contribution in [2.45, 2.75) is 35.0 Å². The highest BCUT2D eigenvalue weighted by Gasteiger charge is 2.27. The van der Waals surface area contributed by atoms with Crippen molar-refractivity contribution < 1.29 is 22.4 Å². The van der Waals surface area contributed by atoms with Crippen molar-refractivity contribution in [1.82, 2.24) is 15.0 Å². The molecule has 0 unspecified atom stereocenters. The first kappa shape index (κ1) is 21.1. The van der Waals surface area contributed by atoms with Gasteiger partial charge < -0.3 is 10.3 Å². The van der Waals surface area contributed by atoms with Crippen molar-refractivity contribution in [3.05, 3.63) is 48.2 Å². The Morgan fingerprint density at radius 2 is 1.94 bits per heavy atom. The lowest BCUT2D eigenvalue weighted by Crippen LogP contribution is -2.22. The molecule has 0 aliphatic heterocycles. The van der Waals surface area contributed by atoms with Gasteiger partial charge in [0.05, 0.1) is 11.9 Å². The number of urea groups is 1. The second-order valence-electron chi connectivity index (χ2n) is 7.00. The molecule has 12 heteroatoms. The second kappa shape index (κ2) is 8.55. The number of benzene rings is 1. The fourth-order valence-corrected chi connectivity index (χ4v) is 5.68. The van der Waals surface area contributed by atoms with Crippen LogP contribution in [0.4, 0.5) is 20.0 Å². The molecule has 1 aromatic carbocycles. The van der Waals surface area contributed by atoms with Crippen LogP contribution in [0.5, 0.6) is 0 Å². The predicted molar refractivity (Wildman–Crippen MR) is 111 cm³/mol. The van der Waals surface area contributed by atoms with E-state index in [-0.39, 0.29) is 37.4 Å². The zero-order valence-corrected chi connectivity index (χ0v) is 17.7. The van der Waals surface area contributed by atoms with Crippen LogP contribution in [-0.2, 0) is 9.84 Å². The molecule has 0 radical (unpaired) electrons. The average molecular weight is 464 g/mol. The van der Waals surface area contributed by atoms with Gasteiger partial charge in [-0.15, -0.1) is 0 Å². The summed E-state index contributed by atoms with van der Waals surface area (Å²) < 4.78 is 38.5. The number of ketones is 1. The minimum atomic E-state index is -3.87. The van der Waals surface area contributed by atoms with Crippen LogP contribution in [0.3, 0.4) is 0 Å². The lowest BCUT2D eigenvalue weighted by molar-refractivity contribution is 0.0923. The molecular weight excluding hydrogens is 445 g/mol. The van der Waals surface area contributed by atoms with Crippen molar-refractivity contribution in [2.75, 3.05) is 10.6 Å². The van der Waals surface area contributed by atoms with Gasteiger partial charge in [-0.3, -0.25) is 10.1 Å². The number of H-pyrrole nitrogens is 1. The van der Waals surface area contributed by atoms with E-state index in [2.05, 4.69) is 25.6 Å². The summed E-state index contributed by atoms with van der Waals surface area (Å²) >= 11 is 0.752. The minimum Gasteiger partial charge on any atom is -0.335 e. The molecular formula is C19H18FN5O4S2. The third kappa shape index (κ3) is 4.49. The van der Waals surface area contributed by atoms with Crippen LogP contribution in [0, 0.1) is 11.7 Å². The number of Topliss-reactive ketones (excluding diaryl/α,β-unsaturated/α-hetero) is 1. The number of hydrogen-bond acceptors (Lipinski definition) is 7. The summed E-state index contributed by atoms with van der Waals surface area (Å²) in [5, 5.41) is 4.77. The molecule has 3 N–H and O–H groups in total. The molecule has 0 spiro atoms. The Hall–Kier alpha value is -3.12. The van der Waals surface area contributed by atoms with E-state index in [1.807, 2.05) is 0 Å². The molecule has 31 heavy (non-hydrogen) atoms. The van der Waals surface area contributed by atoms with Crippen LogP contribution in [0.1, 0.15) is 36.0 Å². The van der Waals surface area contributed by atoms with E-state index in [1.165, 1.54) is 18.5 Å². The molecule has 1 fully saturated rings. The van der Waals surface area contributed by atoms with E-state index in [4.69, 9.17) is 0 Å². The van der Waals surface area contributed by atoms with Crippen molar-refractivity contribution in [1.29, 1.82) is 0 Å². The van der Waals surface area contributed by atoms with Crippen LogP contribution in [-0.4, -0.2) is 35.2 Å². The number of rotatable bonds is 6. The van der Waals surface area contributed by atoms with E-state index < -0.39 is 21.7 Å². The average Bonchev–Trinajstić information content (AvgIpc) is 3.50. The Morgan fingerprint density at radius 1 is 1.16 bits per heavy atom. The molecule has 1 aliphatic rings. The first-order valence-corrected chi connectivity index (χ1v) is 11.8. The monoisotopic (exact) mass is 463 g/mol. The zero-order valence-electron chi connectivity index (χ0n) is 16.1. The molecule has 9 nitrogen and oxygen atoms in total. The predicted octanol–water partition coefficient (Wildman–Crippen LogP) is 3.86. The molecule has 1 saturated carbocycles.